The number of hydrogen-bond acceptors (Lipinski definition) is 5. The standard InChI is InChI=1S/C17H22F2N4O2S/c1-10-11(2)26-15(23-10)9-22-17(20-3)21-8-12-5-6-13(24-4)7-14(12)25-16(18)19/h5-7,16H,8-9H2,1-4H3,(H2,20,21,22). The molecule has 0 aliphatic heterocycles. The summed E-state index contributed by atoms with van der Waals surface area (Å²) in [6, 6.07) is 4.79. The van der Waals surface area contributed by atoms with Crippen LogP contribution in [0.2, 0.25) is 0 Å². The molecule has 1 aromatic carbocycles. The predicted octanol–water partition coefficient (Wildman–Crippen LogP) is 3.24. The Morgan fingerprint density at radius 3 is 2.58 bits per heavy atom. The highest BCUT2D eigenvalue weighted by atomic mass is 32.1. The third kappa shape index (κ3) is 5.55. The summed E-state index contributed by atoms with van der Waals surface area (Å²) in [6.07, 6.45) is 0. The molecule has 0 atom stereocenters. The Kier molecular flexibility index (Phi) is 7.14. The molecule has 26 heavy (non-hydrogen) atoms. The largest absolute Gasteiger partial charge is 0.497 e. The highest BCUT2D eigenvalue weighted by molar-refractivity contribution is 7.11. The van der Waals surface area contributed by atoms with Crippen molar-refractivity contribution in [2.75, 3.05) is 14.2 Å². The van der Waals surface area contributed by atoms with Crippen LogP contribution in [0.25, 0.3) is 0 Å². The first-order valence-electron chi connectivity index (χ1n) is 7.92. The fourth-order valence-corrected chi connectivity index (χ4v) is 3.06. The molecule has 2 rings (SSSR count). The van der Waals surface area contributed by atoms with E-state index in [4.69, 9.17) is 4.74 Å². The number of rotatable bonds is 7. The molecule has 0 bridgehead atoms. The quantitative estimate of drug-likeness (QED) is 0.567. The summed E-state index contributed by atoms with van der Waals surface area (Å²) < 4.78 is 34.9. The molecule has 0 fully saturated rings. The first-order chi connectivity index (χ1) is 12.4. The normalized spacial score (nSPS) is 11.6. The summed E-state index contributed by atoms with van der Waals surface area (Å²) >= 11 is 1.62. The summed E-state index contributed by atoms with van der Waals surface area (Å²) in [7, 11) is 3.10. The summed E-state index contributed by atoms with van der Waals surface area (Å²) in [6.45, 7) is 1.88. The van der Waals surface area contributed by atoms with E-state index in [2.05, 4.69) is 25.3 Å². The molecule has 2 N–H and O–H groups in total. The summed E-state index contributed by atoms with van der Waals surface area (Å²) in [5.74, 6) is 1.05. The van der Waals surface area contributed by atoms with Gasteiger partial charge in [0.25, 0.3) is 0 Å². The van der Waals surface area contributed by atoms with Gasteiger partial charge in [-0.25, -0.2) is 4.98 Å². The van der Waals surface area contributed by atoms with E-state index in [0.717, 1.165) is 10.7 Å². The number of alkyl halides is 2. The average molecular weight is 384 g/mol. The smallest absolute Gasteiger partial charge is 0.387 e. The number of nitrogens with one attached hydrogen (secondary N) is 2. The third-order valence-electron chi connectivity index (χ3n) is 3.64. The van der Waals surface area contributed by atoms with Crippen LogP contribution >= 0.6 is 11.3 Å². The number of aromatic nitrogens is 1. The van der Waals surface area contributed by atoms with Gasteiger partial charge in [0.15, 0.2) is 5.96 Å². The number of guanidine groups is 1. The highest BCUT2D eigenvalue weighted by Crippen LogP contribution is 2.26. The van der Waals surface area contributed by atoms with E-state index in [9.17, 15) is 8.78 Å². The first-order valence-corrected chi connectivity index (χ1v) is 8.73. The molecule has 142 valence electrons. The second kappa shape index (κ2) is 9.33. The number of hydrogen-bond donors (Lipinski definition) is 2. The third-order valence-corrected chi connectivity index (χ3v) is 4.71. The van der Waals surface area contributed by atoms with Crippen LogP contribution in [0.5, 0.6) is 11.5 Å². The van der Waals surface area contributed by atoms with Crippen molar-refractivity contribution in [3.05, 3.63) is 39.3 Å². The van der Waals surface area contributed by atoms with Crippen LogP contribution in [-0.4, -0.2) is 31.7 Å². The molecule has 0 saturated heterocycles. The van der Waals surface area contributed by atoms with E-state index in [-0.39, 0.29) is 12.3 Å². The van der Waals surface area contributed by atoms with E-state index in [0.29, 0.717) is 23.8 Å². The number of halogens is 2. The maximum atomic E-state index is 12.6. The zero-order chi connectivity index (χ0) is 19.1. The van der Waals surface area contributed by atoms with Crippen molar-refractivity contribution in [2.45, 2.75) is 33.5 Å². The van der Waals surface area contributed by atoms with E-state index in [1.165, 1.54) is 18.1 Å². The van der Waals surface area contributed by atoms with Crippen LogP contribution in [0.4, 0.5) is 8.78 Å². The van der Waals surface area contributed by atoms with Gasteiger partial charge in [-0.15, -0.1) is 11.3 Å². The summed E-state index contributed by atoms with van der Waals surface area (Å²) in [4.78, 5) is 9.76. The number of nitrogens with zero attached hydrogens (tertiary/aromatic N) is 2. The maximum absolute atomic E-state index is 12.6. The second-order valence-corrected chi connectivity index (χ2v) is 6.67. The fraction of sp³-hybridized carbons (Fsp3) is 0.412. The lowest BCUT2D eigenvalue weighted by Crippen LogP contribution is -2.36. The van der Waals surface area contributed by atoms with Crippen molar-refractivity contribution in [1.82, 2.24) is 15.6 Å². The van der Waals surface area contributed by atoms with Crippen molar-refractivity contribution >= 4 is 17.3 Å². The van der Waals surface area contributed by atoms with E-state index < -0.39 is 6.61 Å². The molecule has 1 heterocycles. The fourth-order valence-electron chi connectivity index (χ4n) is 2.19. The van der Waals surface area contributed by atoms with Crippen LogP contribution in [0.3, 0.4) is 0 Å². The minimum atomic E-state index is -2.91. The van der Waals surface area contributed by atoms with Crippen molar-refractivity contribution in [3.63, 3.8) is 0 Å². The second-order valence-electron chi connectivity index (χ2n) is 5.38. The molecule has 0 amide bonds. The lowest BCUT2D eigenvalue weighted by molar-refractivity contribution is -0.0505. The van der Waals surface area contributed by atoms with Gasteiger partial charge >= 0.3 is 6.61 Å². The van der Waals surface area contributed by atoms with Crippen LogP contribution < -0.4 is 20.1 Å². The summed E-state index contributed by atoms with van der Waals surface area (Å²) in [5, 5.41) is 7.18. The molecule has 0 spiro atoms. The monoisotopic (exact) mass is 384 g/mol. The van der Waals surface area contributed by atoms with Crippen LogP contribution in [0, 0.1) is 13.8 Å². The van der Waals surface area contributed by atoms with Crippen molar-refractivity contribution < 1.29 is 18.3 Å². The minimum absolute atomic E-state index is 0.0634. The molecule has 0 aliphatic carbocycles. The first kappa shape index (κ1) is 19.9. The maximum Gasteiger partial charge on any atom is 0.387 e. The Balaban J connectivity index is 1.99. The minimum Gasteiger partial charge on any atom is -0.497 e. The molecule has 1 aromatic heterocycles. The molecule has 2 aromatic rings. The molecule has 0 saturated carbocycles. The molecule has 0 radical (unpaired) electrons. The Labute approximate surface area is 155 Å². The predicted molar refractivity (Wildman–Crippen MR) is 98.3 cm³/mol. The van der Waals surface area contributed by atoms with Crippen LogP contribution in [-0.2, 0) is 13.1 Å². The summed E-state index contributed by atoms with van der Waals surface area (Å²) in [5.41, 5.74) is 1.58. The molecular weight excluding hydrogens is 362 g/mol. The Hall–Kier alpha value is -2.42. The van der Waals surface area contributed by atoms with Gasteiger partial charge in [-0.3, -0.25) is 4.99 Å². The zero-order valence-electron chi connectivity index (χ0n) is 15.1. The number of benzene rings is 1. The van der Waals surface area contributed by atoms with Gasteiger partial charge in [0.05, 0.1) is 19.3 Å². The lowest BCUT2D eigenvalue weighted by atomic mass is 10.2. The molecule has 6 nitrogen and oxygen atoms in total. The Morgan fingerprint density at radius 1 is 1.27 bits per heavy atom. The number of thiazole rings is 1. The van der Waals surface area contributed by atoms with Gasteiger partial charge in [-0.1, -0.05) is 0 Å². The van der Waals surface area contributed by atoms with Gasteiger partial charge in [-0.05, 0) is 26.0 Å². The number of aryl methyl sites for hydroxylation is 2. The van der Waals surface area contributed by atoms with Gasteiger partial charge in [0.1, 0.15) is 16.5 Å². The Morgan fingerprint density at radius 2 is 2.00 bits per heavy atom. The van der Waals surface area contributed by atoms with E-state index >= 15 is 0 Å². The average Bonchev–Trinajstić information content (AvgIpc) is 2.93. The topological polar surface area (TPSA) is 67.8 Å². The van der Waals surface area contributed by atoms with Crippen LogP contribution in [0.1, 0.15) is 21.1 Å². The number of ether oxygens (including phenoxy) is 2. The van der Waals surface area contributed by atoms with Crippen molar-refractivity contribution in [1.29, 1.82) is 0 Å². The van der Waals surface area contributed by atoms with Gasteiger partial charge < -0.3 is 20.1 Å². The molecule has 9 heteroatoms. The van der Waals surface area contributed by atoms with Crippen molar-refractivity contribution in [2.24, 2.45) is 4.99 Å². The van der Waals surface area contributed by atoms with Crippen molar-refractivity contribution in [3.8, 4) is 11.5 Å². The van der Waals surface area contributed by atoms with Gasteiger partial charge in [0.2, 0.25) is 0 Å². The lowest BCUT2D eigenvalue weighted by Gasteiger charge is -2.15. The zero-order valence-corrected chi connectivity index (χ0v) is 15.9. The molecule has 0 unspecified atom stereocenters. The highest BCUT2D eigenvalue weighted by Gasteiger charge is 2.12. The van der Waals surface area contributed by atoms with Gasteiger partial charge in [0, 0.05) is 30.1 Å². The number of methoxy groups -OCH3 is 1. The number of aliphatic imine (C=N–C) groups is 1. The van der Waals surface area contributed by atoms with Gasteiger partial charge in [-0.2, -0.15) is 8.78 Å². The molecule has 0 aliphatic rings. The SMILES string of the molecule is CN=C(NCc1nc(C)c(C)s1)NCc1ccc(OC)cc1OC(F)F. The van der Waals surface area contributed by atoms with Crippen LogP contribution in [0.15, 0.2) is 23.2 Å². The molecular formula is C17H22F2N4O2S. The Bertz CT molecular complexity index is 746. The van der Waals surface area contributed by atoms with E-state index in [1.807, 2.05) is 13.8 Å². The van der Waals surface area contributed by atoms with E-state index in [1.54, 1.807) is 30.5 Å².